The molecule has 1 heterocycles. The van der Waals surface area contributed by atoms with Crippen LogP contribution in [0.4, 0.5) is 22.0 Å². The van der Waals surface area contributed by atoms with Crippen LogP contribution in [0.15, 0.2) is 6.20 Å². The Hall–Kier alpha value is 0.852. The Kier molecular flexibility index (Phi) is 5.41. The van der Waals surface area contributed by atoms with E-state index in [0.717, 1.165) is 0 Å². The molecule has 0 saturated heterocycles. The molecule has 0 N–H and O–H groups in total. The van der Waals surface area contributed by atoms with E-state index in [-0.39, 0.29) is 75.1 Å². The summed E-state index contributed by atoms with van der Waals surface area (Å²) in [4.78, 5) is 2.78. The van der Waals surface area contributed by atoms with Crippen molar-refractivity contribution in [2.24, 2.45) is 0 Å². The van der Waals surface area contributed by atoms with Crippen molar-refractivity contribution in [2.75, 3.05) is 0 Å². The molecular weight excluding hydrogens is 314 g/mol. The summed E-state index contributed by atoms with van der Waals surface area (Å²) < 4.78 is 59.9. The van der Waals surface area contributed by atoms with Crippen molar-refractivity contribution in [3.8, 4) is 0 Å². The van der Waals surface area contributed by atoms with E-state index in [2.05, 4.69) is 4.98 Å². The zero-order chi connectivity index (χ0) is 9.35. The molecule has 0 bridgehead atoms. The molecule has 7 heteroatoms. The molecule has 0 atom stereocenters. The Morgan fingerprint density at radius 3 is 2.08 bits per heavy atom. The van der Waals surface area contributed by atoms with Crippen LogP contribution >= 0.6 is 0 Å². The average molecular weight is 315 g/mol. The maximum atomic E-state index is 12.3. The molecule has 0 amide bonds. The second-order valence-corrected chi connectivity index (χ2v) is 1.90. The van der Waals surface area contributed by atoms with Gasteiger partial charge in [0.15, 0.2) is 0 Å². The Labute approximate surface area is 129 Å². The molecule has 0 aliphatic heterocycles. The van der Waals surface area contributed by atoms with Gasteiger partial charge >= 0.3 is 75.1 Å². The number of halogens is 5. The first-order chi connectivity index (χ1) is 5.43. The number of hydrogen-bond donors (Lipinski definition) is 0. The summed E-state index contributed by atoms with van der Waals surface area (Å²) in [5.74, 6) is -3.57. The Morgan fingerprint density at radius 1 is 1.23 bits per heavy atom. The summed E-state index contributed by atoms with van der Waals surface area (Å²) in [5, 5.41) is 0. The van der Waals surface area contributed by atoms with Crippen molar-refractivity contribution in [2.45, 2.75) is 6.18 Å². The number of alkyl halides is 3. The van der Waals surface area contributed by atoms with Crippen LogP contribution in [-0.4, -0.2) is 4.98 Å². The number of hydrogen-bond acceptors (Lipinski definition) is 1. The van der Waals surface area contributed by atoms with Gasteiger partial charge in [-0.15, -0.1) is 0 Å². The molecule has 0 fully saturated rings. The van der Waals surface area contributed by atoms with Crippen LogP contribution in [0.1, 0.15) is 5.56 Å². The summed E-state index contributed by atoms with van der Waals surface area (Å²) in [6, 6.07) is 0. The molecule has 0 unspecified atom stereocenters. The maximum Gasteiger partial charge on any atom is 1.00 e. The minimum atomic E-state index is -5.05. The Balaban J connectivity index is 0.00000144. The van der Waals surface area contributed by atoms with E-state index in [4.69, 9.17) is 0 Å². The summed E-state index contributed by atoms with van der Waals surface area (Å²) >= 11 is 0. The third-order valence-corrected chi connectivity index (χ3v) is 1.08. The van der Waals surface area contributed by atoms with Crippen molar-refractivity contribution in [1.29, 1.82) is 0 Å². The molecule has 1 nitrogen and oxygen atoms in total. The zero-order valence-corrected chi connectivity index (χ0v) is 12.7. The van der Waals surface area contributed by atoms with Crippen molar-refractivity contribution < 1.29 is 90.8 Å². The van der Waals surface area contributed by atoms with Gasteiger partial charge in [-0.3, -0.25) is 0 Å². The summed E-state index contributed by atoms with van der Waals surface area (Å²) in [7, 11) is 0. The van der Waals surface area contributed by atoms with Crippen LogP contribution in [0.3, 0.4) is 0 Å². The smallest absolute Gasteiger partial charge is 0.388 e. The van der Waals surface area contributed by atoms with E-state index in [0.29, 0.717) is 0 Å². The van der Waals surface area contributed by atoms with Crippen molar-refractivity contribution >= 4 is 0 Å². The van der Waals surface area contributed by atoms with Gasteiger partial charge in [0.05, 0.1) is 0 Å². The molecule has 66 valence electrons. The SMILES string of the molecule is Fc1[c-]ncc(F)c1C(F)(F)F.[Cs+]. The topological polar surface area (TPSA) is 12.9 Å². The van der Waals surface area contributed by atoms with Crippen molar-refractivity contribution in [1.82, 2.24) is 4.98 Å². The average Bonchev–Trinajstić information content (AvgIpc) is 1.82. The van der Waals surface area contributed by atoms with E-state index in [9.17, 15) is 22.0 Å². The third-order valence-electron chi connectivity index (χ3n) is 1.08. The van der Waals surface area contributed by atoms with E-state index < -0.39 is 23.4 Å². The van der Waals surface area contributed by atoms with Gasteiger partial charge in [-0.2, -0.15) is 13.2 Å². The molecule has 0 saturated carbocycles. The van der Waals surface area contributed by atoms with Gasteiger partial charge in [-0.25, -0.2) is 8.78 Å². The second-order valence-electron chi connectivity index (χ2n) is 1.90. The monoisotopic (exact) mass is 315 g/mol. The first-order valence-corrected chi connectivity index (χ1v) is 2.72. The Morgan fingerprint density at radius 2 is 1.77 bits per heavy atom. The first kappa shape index (κ1) is 13.9. The summed E-state index contributed by atoms with van der Waals surface area (Å²) in [6.07, 6.45) is -3.42. The molecule has 1 aromatic heterocycles. The fourth-order valence-electron chi connectivity index (χ4n) is 0.631. The van der Waals surface area contributed by atoms with Gasteiger partial charge in [-0.05, 0) is 6.20 Å². The van der Waals surface area contributed by atoms with Crippen LogP contribution in [0.25, 0.3) is 0 Å². The quantitative estimate of drug-likeness (QED) is 0.451. The molecule has 0 radical (unpaired) electrons. The molecule has 0 aromatic carbocycles. The van der Waals surface area contributed by atoms with E-state index >= 15 is 0 Å². The molecule has 0 aliphatic carbocycles. The largest absolute Gasteiger partial charge is 1.00 e. The molecule has 1 aromatic rings. The van der Waals surface area contributed by atoms with Crippen LogP contribution < -0.4 is 68.9 Å². The number of nitrogens with zero attached hydrogens (tertiary/aromatic N) is 1. The van der Waals surface area contributed by atoms with E-state index in [1.54, 1.807) is 0 Å². The summed E-state index contributed by atoms with van der Waals surface area (Å²) in [6.45, 7) is 0. The second kappa shape index (κ2) is 5.08. The molecular formula is C6HCsF5N. The minimum Gasteiger partial charge on any atom is -0.388 e. The van der Waals surface area contributed by atoms with Crippen molar-refractivity contribution in [3.63, 3.8) is 0 Å². The van der Waals surface area contributed by atoms with Crippen LogP contribution in [-0.2, 0) is 6.18 Å². The normalized spacial score (nSPS) is 10.8. The van der Waals surface area contributed by atoms with E-state index in [1.165, 1.54) is 6.20 Å². The molecule has 13 heavy (non-hydrogen) atoms. The maximum absolute atomic E-state index is 12.3. The van der Waals surface area contributed by atoms with E-state index in [1.807, 2.05) is 0 Å². The standard InChI is InChI=1S/C6HF5N.Cs/c7-3-1-12-2-4(8)5(3)6(9,10)11;/h1H;/q-1;+1. The Bertz CT molecular complexity index is 277. The minimum absolute atomic E-state index is 0. The molecule has 0 aliphatic rings. The number of aromatic nitrogens is 1. The fraction of sp³-hybridized carbons (Fsp3) is 0.167. The van der Waals surface area contributed by atoms with Crippen molar-refractivity contribution in [3.05, 3.63) is 29.6 Å². The van der Waals surface area contributed by atoms with Gasteiger partial charge in [-0.1, -0.05) is 6.20 Å². The molecule has 0 spiro atoms. The molecule has 1 rings (SSSR count). The van der Waals surface area contributed by atoms with Gasteiger partial charge < -0.3 is 4.98 Å². The van der Waals surface area contributed by atoms with Crippen LogP contribution in [0.2, 0.25) is 0 Å². The summed E-state index contributed by atoms with van der Waals surface area (Å²) in [5.41, 5.74) is -1.96. The van der Waals surface area contributed by atoms with Gasteiger partial charge in [0, 0.05) is 17.2 Å². The van der Waals surface area contributed by atoms with Gasteiger partial charge in [0.25, 0.3) is 0 Å². The van der Waals surface area contributed by atoms with Crippen LogP contribution in [0, 0.1) is 17.8 Å². The number of rotatable bonds is 0. The first-order valence-electron chi connectivity index (χ1n) is 2.72. The van der Waals surface area contributed by atoms with Gasteiger partial charge in [0.1, 0.15) is 0 Å². The van der Waals surface area contributed by atoms with Crippen LogP contribution in [0.5, 0.6) is 0 Å². The van der Waals surface area contributed by atoms with Gasteiger partial charge in [0.2, 0.25) is 0 Å². The predicted octanol–water partition coefficient (Wildman–Crippen LogP) is -0.817. The predicted molar refractivity (Wildman–Crippen MR) is 28.0 cm³/mol. The third kappa shape index (κ3) is 3.48. The zero-order valence-electron chi connectivity index (χ0n) is 6.41. The fourth-order valence-corrected chi connectivity index (χ4v) is 0.631. The number of pyridine rings is 1.